The summed E-state index contributed by atoms with van der Waals surface area (Å²) in [4.78, 5) is 27.8. The molecule has 0 aliphatic heterocycles. The van der Waals surface area contributed by atoms with Gasteiger partial charge in [-0.1, -0.05) is 12.1 Å². The van der Waals surface area contributed by atoms with Gasteiger partial charge in [0.15, 0.2) is 18.3 Å². The molecule has 0 bridgehead atoms. The van der Waals surface area contributed by atoms with Gasteiger partial charge in [0.25, 0.3) is 0 Å². The third-order valence-electron chi connectivity index (χ3n) is 2.97. The number of thiazole rings is 1. The molecule has 1 aromatic carbocycles. The zero-order valence-electron chi connectivity index (χ0n) is 12.3. The largest absolute Gasteiger partial charge is 0.457 e. The van der Waals surface area contributed by atoms with Crippen molar-refractivity contribution in [1.29, 1.82) is 5.26 Å². The highest BCUT2D eigenvalue weighted by Gasteiger charge is 2.24. The van der Waals surface area contributed by atoms with Gasteiger partial charge in [-0.3, -0.25) is 9.59 Å². The summed E-state index contributed by atoms with van der Waals surface area (Å²) in [6, 6.07) is 7.29. The van der Waals surface area contributed by atoms with E-state index in [1.54, 1.807) is 12.3 Å². The van der Waals surface area contributed by atoms with Crippen molar-refractivity contribution in [3.63, 3.8) is 0 Å². The predicted molar refractivity (Wildman–Crippen MR) is 81.3 cm³/mol. The minimum atomic E-state index is -1.03. The highest BCUT2D eigenvalue weighted by molar-refractivity contribution is 7.09. The first kappa shape index (κ1) is 16.8. The average Bonchev–Trinajstić information content (AvgIpc) is 2.94. The number of rotatable bonds is 6. The van der Waals surface area contributed by atoms with Gasteiger partial charge >= 0.3 is 5.97 Å². The molecule has 0 aliphatic rings. The molecule has 0 amide bonds. The van der Waals surface area contributed by atoms with E-state index >= 15 is 0 Å². The van der Waals surface area contributed by atoms with Gasteiger partial charge in [0, 0.05) is 11.1 Å². The summed E-state index contributed by atoms with van der Waals surface area (Å²) in [5.41, 5.74) is 1.31. The Kier molecular flexibility index (Phi) is 5.55. The van der Waals surface area contributed by atoms with Gasteiger partial charge in [-0.2, -0.15) is 5.26 Å². The molecule has 0 saturated carbocycles. The molecule has 1 heterocycles. The van der Waals surface area contributed by atoms with E-state index < -0.39 is 30.1 Å². The summed E-state index contributed by atoms with van der Waals surface area (Å²) in [5, 5.41) is 11.2. The molecular weight excluding hydrogens is 319 g/mol. The molecule has 5 nitrogen and oxygen atoms in total. The minimum absolute atomic E-state index is 0.0683. The van der Waals surface area contributed by atoms with Gasteiger partial charge < -0.3 is 4.74 Å². The molecule has 0 radical (unpaired) electrons. The lowest BCUT2D eigenvalue weighted by atomic mass is 10.1. The number of aryl methyl sites for hydroxylation is 1. The molecule has 0 N–H and O–H groups in total. The minimum Gasteiger partial charge on any atom is -0.457 e. The number of aromatic nitrogens is 1. The number of carbonyl (C=O) groups is 2. The molecule has 0 fully saturated rings. The fourth-order valence-corrected chi connectivity index (χ4v) is 2.69. The molecule has 23 heavy (non-hydrogen) atoms. The van der Waals surface area contributed by atoms with Crippen molar-refractivity contribution in [3.8, 4) is 6.07 Å². The van der Waals surface area contributed by atoms with E-state index in [0.29, 0.717) is 10.6 Å². The standard InChI is InChI=1S/C16H13FN2O3S/c1-10-9-23-16(19-10)13(7-18)14(20)8-22-15(21)6-11-2-4-12(17)5-3-11/h2-5,9,13H,6,8H2,1H3/t13-/m0/s1. The van der Waals surface area contributed by atoms with Gasteiger partial charge in [0.2, 0.25) is 0 Å². The number of hydrogen-bond donors (Lipinski definition) is 0. The molecule has 0 unspecified atom stereocenters. The molecule has 7 heteroatoms. The second-order valence-electron chi connectivity index (χ2n) is 4.82. The van der Waals surface area contributed by atoms with Crippen LogP contribution in [0.25, 0.3) is 0 Å². The van der Waals surface area contributed by atoms with E-state index in [4.69, 9.17) is 10.00 Å². The number of esters is 1. The second-order valence-corrected chi connectivity index (χ2v) is 5.71. The molecule has 0 spiro atoms. The van der Waals surface area contributed by atoms with Crippen molar-refractivity contribution in [2.75, 3.05) is 6.61 Å². The average molecular weight is 332 g/mol. The van der Waals surface area contributed by atoms with Crippen LogP contribution in [0.3, 0.4) is 0 Å². The molecule has 2 rings (SSSR count). The van der Waals surface area contributed by atoms with Gasteiger partial charge in [-0.25, -0.2) is 9.37 Å². The van der Waals surface area contributed by atoms with Crippen LogP contribution in [0.4, 0.5) is 4.39 Å². The summed E-state index contributed by atoms with van der Waals surface area (Å²) < 4.78 is 17.7. The van der Waals surface area contributed by atoms with Crippen molar-refractivity contribution in [2.24, 2.45) is 0 Å². The fourth-order valence-electron chi connectivity index (χ4n) is 1.82. The molecule has 2 aromatic rings. The van der Waals surface area contributed by atoms with Crippen LogP contribution in [-0.4, -0.2) is 23.3 Å². The quantitative estimate of drug-likeness (QED) is 0.760. The smallest absolute Gasteiger partial charge is 0.310 e. The number of ketones is 1. The van der Waals surface area contributed by atoms with Gasteiger partial charge in [0.05, 0.1) is 12.5 Å². The van der Waals surface area contributed by atoms with E-state index in [0.717, 1.165) is 5.69 Å². The normalized spacial score (nSPS) is 11.5. The second kappa shape index (κ2) is 7.61. The zero-order chi connectivity index (χ0) is 16.8. The monoisotopic (exact) mass is 332 g/mol. The number of nitriles is 1. The van der Waals surface area contributed by atoms with Gasteiger partial charge in [0.1, 0.15) is 10.8 Å². The first-order valence-corrected chi connectivity index (χ1v) is 7.62. The van der Waals surface area contributed by atoms with Crippen LogP contribution >= 0.6 is 11.3 Å². The Labute approximate surface area is 136 Å². The maximum atomic E-state index is 12.8. The summed E-state index contributed by atoms with van der Waals surface area (Å²) in [6.07, 6.45) is -0.0683. The third-order valence-corrected chi connectivity index (χ3v) is 4.00. The van der Waals surface area contributed by atoms with E-state index in [2.05, 4.69) is 4.98 Å². The zero-order valence-corrected chi connectivity index (χ0v) is 13.1. The lowest BCUT2D eigenvalue weighted by Crippen LogP contribution is -2.20. The van der Waals surface area contributed by atoms with Crippen molar-refractivity contribution in [2.45, 2.75) is 19.3 Å². The van der Waals surface area contributed by atoms with Crippen LogP contribution in [-0.2, 0) is 20.7 Å². The maximum Gasteiger partial charge on any atom is 0.310 e. The number of ether oxygens (including phenoxy) is 1. The van der Waals surface area contributed by atoms with Crippen molar-refractivity contribution < 1.29 is 18.7 Å². The van der Waals surface area contributed by atoms with Crippen LogP contribution in [0.5, 0.6) is 0 Å². The summed E-state index contributed by atoms with van der Waals surface area (Å²) in [5.74, 6) is -2.56. The summed E-state index contributed by atoms with van der Waals surface area (Å²) >= 11 is 1.22. The van der Waals surface area contributed by atoms with E-state index in [-0.39, 0.29) is 6.42 Å². The van der Waals surface area contributed by atoms with E-state index in [9.17, 15) is 14.0 Å². The van der Waals surface area contributed by atoms with Crippen LogP contribution in [0.15, 0.2) is 29.6 Å². The Morgan fingerprint density at radius 1 is 1.39 bits per heavy atom. The molecule has 0 saturated heterocycles. The molecule has 1 aromatic heterocycles. The Bertz CT molecular complexity index is 749. The number of carbonyl (C=O) groups excluding carboxylic acids is 2. The Hall–Kier alpha value is -2.59. The maximum absolute atomic E-state index is 12.8. The number of benzene rings is 1. The lowest BCUT2D eigenvalue weighted by molar-refractivity contribution is -0.147. The summed E-state index contributed by atoms with van der Waals surface area (Å²) in [6.45, 7) is 1.28. The van der Waals surface area contributed by atoms with Crippen LogP contribution in [0.2, 0.25) is 0 Å². The van der Waals surface area contributed by atoms with Crippen LogP contribution in [0, 0.1) is 24.1 Å². The van der Waals surface area contributed by atoms with Crippen molar-refractivity contribution in [1.82, 2.24) is 4.98 Å². The highest BCUT2D eigenvalue weighted by Crippen LogP contribution is 2.20. The fraction of sp³-hybridized carbons (Fsp3) is 0.250. The Balaban J connectivity index is 1.89. The van der Waals surface area contributed by atoms with E-state index in [1.165, 1.54) is 35.6 Å². The van der Waals surface area contributed by atoms with Gasteiger partial charge in [-0.05, 0) is 24.6 Å². The van der Waals surface area contributed by atoms with Crippen molar-refractivity contribution >= 4 is 23.1 Å². The van der Waals surface area contributed by atoms with Crippen LogP contribution < -0.4 is 0 Å². The molecule has 1 atom stereocenters. The topological polar surface area (TPSA) is 80.0 Å². The van der Waals surface area contributed by atoms with Gasteiger partial charge in [-0.15, -0.1) is 11.3 Å². The Morgan fingerprint density at radius 3 is 2.65 bits per heavy atom. The predicted octanol–water partition coefficient (Wildman–Crippen LogP) is 2.55. The van der Waals surface area contributed by atoms with Crippen molar-refractivity contribution in [3.05, 3.63) is 51.7 Å². The SMILES string of the molecule is Cc1csc([C@@H](C#N)C(=O)COC(=O)Cc2ccc(F)cc2)n1. The molecule has 0 aliphatic carbocycles. The Morgan fingerprint density at radius 2 is 2.09 bits per heavy atom. The first-order chi connectivity index (χ1) is 11.0. The lowest BCUT2D eigenvalue weighted by Gasteiger charge is -2.07. The third kappa shape index (κ3) is 4.69. The molecular formula is C16H13FN2O3S. The molecule has 118 valence electrons. The number of nitrogens with zero attached hydrogens (tertiary/aromatic N) is 2. The van der Waals surface area contributed by atoms with E-state index in [1.807, 2.05) is 6.07 Å². The first-order valence-electron chi connectivity index (χ1n) is 6.74. The number of hydrogen-bond acceptors (Lipinski definition) is 6. The summed E-state index contributed by atoms with van der Waals surface area (Å²) in [7, 11) is 0. The highest BCUT2D eigenvalue weighted by atomic mass is 32.1. The number of halogens is 1. The number of Topliss-reactive ketones (excluding diaryl/α,β-unsaturated/α-hetero) is 1. The van der Waals surface area contributed by atoms with Crippen LogP contribution in [0.1, 0.15) is 22.2 Å².